The second-order valence-electron chi connectivity index (χ2n) is 8.50. The van der Waals surface area contributed by atoms with E-state index in [1.165, 1.54) is 6.42 Å². The van der Waals surface area contributed by atoms with Crippen molar-refractivity contribution in [3.8, 4) is 0 Å². The number of nitrogens with zero attached hydrogens (tertiary/aromatic N) is 1. The SMILES string of the molecule is CC(C)C1(C(=O)O)CCN(C(=O)c2cccc(NC(=O)C3CCCCC3)c2)C1. The Labute approximate surface area is 166 Å². The summed E-state index contributed by atoms with van der Waals surface area (Å²) < 4.78 is 0. The largest absolute Gasteiger partial charge is 0.481 e. The van der Waals surface area contributed by atoms with Gasteiger partial charge in [-0.15, -0.1) is 0 Å². The fraction of sp³-hybridized carbons (Fsp3) is 0.591. The zero-order chi connectivity index (χ0) is 20.3. The van der Waals surface area contributed by atoms with Crippen LogP contribution in [-0.4, -0.2) is 40.9 Å². The van der Waals surface area contributed by atoms with E-state index in [4.69, 9.17) is 0 Å². The molecule has 152 valence electrons. The molecule has 0 spiro atoms. The van der Waals surface area contributed by atoms with Crippen molar-refractivity contribution >= 4 is 23.5 Å². The summed E-state index contributed by atoms with van der Waals surface area (Å²) in [4.78, 5) is 38.8. The van der Waals surface area contributed by atoms with Crippen molar-refractivity contribution in [3.05, 3.63) is 29.8 Å². The molecule has 2 aliphatic rings. The van der Waals surface area contributed by atoms with Crippen LogP contribution in [0.15, 0.2) is 24.3 Å². The van der Waals surface area contributed by atoms with Gasteiger partial charge in [0.25, 0.3) is 5.91 Å². The smallest absolute Gasteiger partial charge is 0.311 e. The van der Waals surface area contributed by atoms with Gasteiger partial charge < -0.3 is 15.3 Å². The van der Waals surface area contributed by atoms with E-state index in [1.54, 1.807) is 29.2 Å². The molecule has 1 aliphatic carbocycles. The van der Waals surface area contributed by atoms with Crippen LogP contribution in [0.2, 0.25) is 0 Å². The molecule has 0 aromatic heterocycles. The van der Waals surface area contributed by atoms with Gasteiger partial charge in [0.15, 0.2) is 0 Å². The van der Waals surface area contributed by atoms with E-state index in [1.807, 2.05) is 13.8 Å². The third-order valence-corrected chi connectivity index (χ3v) is 6.47. The summed E-state index contributed by atoms with van der Waals surface area (Å²) in [5.74, 6) is -1.00. The molecule has 1 heterocycles. The number of amides is 2. The molecule has 1 aromatic carbocycles. The van der Waals surface area contributed by atoms with Crippen molar-refractivity contribution in [3.63, 3.8) is 0 Å². The van der Waals surface area contributed by atoms with Crippen LogP contribution in [0.3, 0.4) is 0 Å². The van der Waals surface area contributed by atoms with Gasteiger partial charge in [-0.05, 0) is 43.4 Å². The molecule has 6 heteroatoms. The first-order chi connectivity index (χ1) is 13.3. The van der Waals surface area contributed by atoms with Crippen molar-refractivity contribution in [1.82, 2.24) is 4.90 Å². The summed E-state index contributed by atoms with van der Waals surface area (Å²) in [5.41, 5.74) is 0.211. The number of nitrogens with one attached hydrogen (secondary N) is 1. The summed E-state index contributed by atoms with van der Waals surface area (Å²) in [7, 11) is 0. The van der Waals surface area contributed by atoms with E-state index >= 15 is 0 Å². The highest BCUT2D eigenvalue weighted by Gasteiger charge is 2.48. The molecule has 0 radical (unpaired) electrons. The molecule has 3 rings (SSSR count). The van der Waals surface area contributed by atoms with E-state index in [2.05, 4.69) is 5.32 Å². The van der Waals surface area contributed by atoms with Gasteiger partial charge in [0.05, 0.1) is 5.41 Å². The Bertz CT molecular complexity index is 755. The minimum absolute atomic E-state index is 0.0233. The van der Waals surface area contributed by atoms with Crippen molar-refractivity contribution in [2.45, 2.75) is 52.4 Å². The van der Waals surface area contributed by atoms with Gasteiger partial charge >= 0.3 is 5.97 Å². The number of carboxylic acids is 1. The van der Waals surface area contributed by atoms with E-state index in [0.717, 1.165) is 25.7 Å². The van der Waals surface area contributed by atoms with Crippen LogP contribution in [0.5, 0.6) is 0 Å². The Morgan fingerprint density at radius 1 is 1.18 bits per heavy atom. The number of carboxylic acid groups (broad SMARTS) is 1. The Hall–Kier alpha value is -2.37. The van der Waals surface area contributed by atoms with Crippen molar-refractivity contribution < 1.29 is 19.5 Å². The molecule has 2 N–H and O–H groups in total. The summed E-state index contributed by atoms with van der Waals surface area (Å²) in [6, 6.07) is 6.96. The molecule has 1 atom stereocenters. The molecule has 2 fully saturated rings. The molecule has 1 saturated carbocycles. The molecule has 6 nitrogen and oxygen atoms in total. The highest BCUT2D eigenvalue weighted by atomic mass is 16.4. The van der Waals surface area contributed by atoms with Crippen LogP contribution in [0.1, 0.15) is 62.7 Å². The predicted octanol–water partition coefficient (Wildman–Crippen LogP) is 3.78. The maximum Gasteiger partial charge on any atom is 0.311 e. The van der Waals surface area contributed by atoms with Gasteiger partial charge in [-0.1, -0.05) is 39.2 Å². The lowest BCUT2D eigenvalue weighted by molar-refractivity contribution is -0.150. The van der Waals surface area contributed by atoms with Crippen molar-refractivity contribution in [2.24, 2.45) is 17.3 Å². The first kappa shape index (κ1) is 20.4. The minimum Gasteiger partial charge on any atom is -0.481 e. The summed E-state index contributed by atoms with van der Waals surface area (Å²) >= 11 is 0. The molecule has 1 aromatic rings. The number of likely N-dealkylation sites (tertiary alicyclic amines) is 1. The van der Waals surface area contributed by atoms with Crippen molar-refractivity contribution in [2.75, 3.05) is 18.4 Å². The van der Waals surface area contributed by atoms with E-state index in [9.17, 15) is 19.5 Å². The van der Waals surface area contributed by atoms with Crippen molar-refractivity contribution in [1.29, 1.82) is 0 Å². The van der Waals surface area contributed by atoms with Gasteiger partial charge in [-0.25, -0.2) is 0 Å². The number of anilines is 1. The third kappa shape index (κ3) is 4.05. The number of rotatable bonds is 5. The number of carbonyl (C=O) groups excluding carboxylic acids is 2. The highest BCUT2D eigenvalue weighted by molar-refractivity contribution is 5.98. The number of carbonyl (C=O) groups is 3. The summed E-state index contributed by atoms with van der Waals surface area (Å²) in [6.07, 6.45) is 5.68. The minimum atomic E-state index is -0.886. The fourth-order valence-corrected chi connectivity index (χ4v) is 4.42. The second-order valence-corrected chi connectivity index (χ2v) is 8.50. The first-order valence-electron chi connectivity index (χ1n) is 10.3. The lowest BCUT2D eigenvalue weighted by atomic mass is 9.76. The lowest BCUT2D eigenvalue weighted by Crippen LogP contribution is -2.40. The molecular weight excluding hydrogens is 356 g/mol. The highest BCUT2D eigenvalue weighted by Crippen LogP contribution is 2.38. The monoisotopic (exact) mass is 386 g/mol. The normalized spacial score (nSPS) is 23.0. The first-order valence-corrected chi connectivity index (χ1v) is 10.3. The number of benzene rings is 1. The van der Waals surface area contributed by atoms with Gasteiger partial charge in [0.1, 0.15) is 0 Å². The standard InChI is InChI=1S/C22H30N2O4/c1-15(2)22(21(27)28)11-12-24(14-22)20(26)17-9-6-10-18(13-17)23-19(25)16-7-4-3-5-8-16/h6,9-10,13,15-16H,3-5,7-8,11-12,14H2,1-2H3,(H,23,25)(H,27,28). The zero-order valence-electron chi connectivity index (χ0n) is 16.7. The van der Waals surface area contributed by atoms with Crippen LogP contribution in [0.25, 0.3) is 0 Å². The van der Waals surface area contributed by atoms with Crippen LogP contribution in [0.4, 0.5) is 5.69 Å². The van der Waals surface area contributed by atoms with E-state index in [-0.39, 0.29) is 30.2 Å². The molecule has 0 bridgehead atoms. The average Bonchev–Trinajstić information content (AvgIpc) is 3.15. The Kier molecular flexibility index (Phi) is 6.06. The predicted molar refractivity (Wildman–Crippen MR) is 107 cm³/mol. The zero-order valence-corrected chi connectivity index (χ0v) is 16.7. The average molecular weight is 386 g/mol. The van der Waals surface area contributed by atoms with Gasteiger partial charge in [0, 0.05) is 30.3 Å². The Morgan fingerprint density at radius 3 is 2.50 bits per heavy atom. The number of aliphatic carboxylic acids is 1. The molecule has 2 amide bonds. The van der Waals surface area contributed by atoms with Crippen LogP contribution in [0, 0.1) is 17.3 Å². The molecular formula is C22H30N2O4. The molecule has 28 heavy (non-hydrogen) atoms. The lowest BCUT2D eigenvalue weighted by Gasteiger charge is -2.28. The Morgan fingerprint density at radius 2 is 1.89 bits per heavy atom. The quantitative estimate of drug-likeness (QED) is 0.806. The topological polar surface area (TPSA) is 86.7 Å². The maximum atomic E-state index is 12.9. The number of hydrogen-bond donors (Lipinski definition) is 2. The third-order valence-electron chi connectivity index (χ3n) is 6.47. The summed E-state index contributed by atoms with van der Waals surface area (Å²) in [5, 5.41) is 12.6. The maximum absolute atomic E-state index is 12.9. The molecule has 1 aliphatic heterocycles. The Balaban J connectivity index is 1.69. The second kappa shape index (κ2) is 8.33. The number of hydrogen-bond acceptors (Lipinski definition) is 3. The van der Waals surface area contributed by atoms with E-state index in [0.29, 0.717) is 24.2 Å². The fourth-order valence-electron chi connectivity index (χ4n) is 4.42. The van der Waals surface area contributed by atoms with Gasteiger partial charge in [-0.3, -0.25) is 14.4 Å². The molecule has 1 unspecified atom stereocenters. The van der Waals surface area contributed by atoms with Crippen LogP contribution >= 0.6 is 0 Å². The van der Waals surface area contributed by atoms with Crippen LogP contribution in [-0.2, 0) is 9.59 Å². The van der Waals surface area contributed by atoms with E-state index < -0.39 is 11.4 Å². The van der Waals surface area contributed by atoms with Crippen LogP contribution < -0.4 is 5.32 Å². The summed E-state index contributed by atoms with van der Waals surface area (Å²) in [6.45, 7) is 4.44. The van der Waals surface area contributed by atoms with Gasteiger partial charge in [-0.2, -0.15) is 0 Å². The molecule has 1 saturated heterocycles. The van der Waals surface area contributed by atoms with Gasteiger partial charge in [0.2, 0.25) is 5.91 Å².